The summed E-state index contributed by atoms with van der Waals surface area (Å²) in [7, 11) is 1.87. The van der Waals surface area contributed by atoms with Gasteiger partial charge in [0, 0.05) is 29.2 Å². The van der Waals surface area contributed by atoms with Crippen LogP contribution < -0.4 is 5.73 Å². The number of fused-ring (bicyclic) bond motifs is 1. The van der Waals surface area contributed by atoms with E-state index in [1.54, 1.807) is 0 Å². The smallest absolute Gasteiger partial charge is 0.201 e. The molecule has 1 aromatic carbocycles. The van der Waals surface area contributed by atoms with Crippen LogP contribution in [0.1, 0.15) is 5.69 Å². The van der Waals surface area contributed by atoms with Crippen LogP contribution in [0.2, 0.25) is 5.15 Å². The highest BCUT2D eigenvalue weighted by Crippen LogP contribution is 2.36. The third-order valence-electron chi connectivity index (χ3n) is 3.22. The van der Waals surface area contributed by atoms with E-state index in [2.05, 4.69) is 16.0 Å². The summed E-state index contributed by atoms with van der Waals surface area (Å²) in [5.74, 6) is 0.416. The zero-order valence-corrected chi connectivity index (χ0v) is 10.9. The highest BCUT2D eigenvalue weighted by atomic mass is 35.5. The van der Waals surface area contributed by atoms with E-state index in [4.69, 9.17) is 17.3 Å². The number of rotatable bonds is 1. The number of anilines is 1. The monoisotopic (exact) mass is 260 g/mol. The van der Waals surface area contributed by atoms with E-state index < -0.39 is 0 Å². The van der Waals surface area contributed by atoms with Crippen LogP contribution in [0.15, 0.2) is 24.3 Å². The highest BCUT2D eigenvalue weighted by Gasteiger charge is 2.18. The largest absolute Gasteiger partial charge is 0.369 e. The van der Waals surface area contributed by atoms with Crippen molar-refractivity contribution in [3.8, 4) is 11.3 Å². The molecule has 92 valence electrons. The summed E-state index contributed by atoms with van der Waals surface area (Å²) in [5.41, 5.74) is 9.85. The predicted octanol–water partition coefficient (Wildman–Crippen LogP) is 3.11. The Balaban J connectivity index is 2.41. The van der Waals surface area contributed by atoms with Crippen molar-refractivity contribution in [2.75, 3.05) is 5.73 Å². The van der Waals surface area contributed by atoms with Gasteiger partial charge < -0.3 is 15.3 Å². The van der Waals surface area contributed by atoms with E-state index in [-0.39, 0.29) is 0 Å². The van der Waals surface area contributed by atoms with Crippen LogP contribution in [0, 0.1) is 6.92 Å². The lowest BCUT2D eigenvalue weighted by atomic mass is 10.1. The molecule has 0 atom stereocenters. The molecule has 0 fully saturated rings. The summed E-state index contributed by atoms with van der Waals surface area (Å²) < 4.78 is 1.81. The number of benzene rings is 1. The van der Waals surface area contributed by atoms with Gasteiger partial charge in [0.15, 0.2) is 5.15 Å². The first-order valence-corrected chi connectivity index (χ1v) is 6.02. The van der Waals surface area contributed by atoms with Crippen LogP contribution in [0.25, 0.3) is 22.2 Å². The number of para-hydroxylation sites is 1. The molecule has 3 aromatic rings. The van der Waals surface area contributed by atoms with Crippen LogP contribution in [0.5, 0.6) is 0 Å². The summed E-state index contributed by atoms with van der Waals surface area (Å²) in [6.07, 6.45) is 0. The first-order chi connectivity index (χ1) is 8.59. The van der Waals surface area contributed by atoms with Gasteiger partial charge in [0.25, 0.3) is 0 Å². The van der Waals surface area contributed by atoms with Crippen LogP contribution in [-0.2, 0) is 7.05 Å². The molecule has 0 spiro atoms. The zero-order chi connectivity index (χ0) is 12.9. The Morgan fingerprint density at radius 2 is 2.06 bits per heavy atom. The number of nitrogens with zero attached hydrogens (tertiary/aromatic N) is 2. The second kappa shape index (κ2) is 3.78. The van der Waals surface area contributed by atoms with Gasteiger partial charge in [0.1, 0.15) is 0 Å². The summed E-state index contributed by atoms with van der Waals surface area (Å²) in [5, 5.41) is 1.56. The summed E-state index contributed by atoms with van der Waals surface area (Å²) in [6.45, 7) is 2.02. The van der Waals surface area contributed by atoms with Gasteiger partial charge in [0.05, 0.1) is 5.69 Å². The van der Waals surface area contributed by atoms with Gasteiger partial charge in [-0.1, -0.05) is 29.8 Å². The molecule has 18 heavy (non-hydrogen) atoms. The van der Waals surface area contributed by atoms with Crippen LogP contribution in [0.3, 0.4) is 0 Å². The Kier molecular flexibility index (Phi) is 2.35. The summed E-state index contributed by atoms with van der Waals surface area (Å²) in [6, 6.07) is 8.11. The van der Waals surface area contributed by atoms with Crippen molar-refractivity contribution >= 4 is 28.5 Å². The lowest BCUT2D eigenvalue weighted by Gasteiger charge is -2.04. The van der Waals surface area contributed by atoms with Gasteiger partial charge in [-0.05, 0) is 13.0 Å². The molecular weight excluding hydrogens is 248 g/mol. The van der Waals surface area contributed by atoms with Crippen molar-refractivity contribution in [3.05, 3.63) is 35.1 Å². The zero-order valence-electron chi connectivity index (χ0n) is 10.2. The molecule has 0 bridgehead atoms. The van der Waals surface area contributed by atoms with Crippen LogP contribution in [0.4, 0.5) is 5.95 Å². The molecule has 0 aliphatic rings. The fourth-order valence-electron chi connectivity index (χ4n) is 2.33. The number of aromatic nitrogens is 3. The number of nitrogens with one attached hydrogen (secondary N) is 1. The van der Waals surface area contributed by atoms with Crippen molar-refractivity contribution in [3.63, 3.8) is 0 Å². The number of nitrogen functional groups attached to an aromatic ring is 1. The third-order valence-corrected chi connectivity index (χ3v) is 3.48. The molecule has 0 amide bonds. The molecule has 3 N–H and O–H groups in total. The second-order valence-electron chi connectivity index (χ2n) is 4.34. The number of hydrogen-bond donors (Lipinski definition) is 2. The molecule has 0 aliphatic carbocycles. The normalized spacial score (nSPS) is 11.3. The number of H-pyrrole nitrogens is 1. The van der Waals surface area contributed by atoms with E-state index in [1.165, 1.54) is 0 Å². The fourth-order valence-corrected chi connectivity index (χ4v) is 2.64. The maximum absolute atomic E-state index is 6.19. The Bertz CT molecular complexity index is 739. The van der Waals surface area contributed by atoms with Gasteiger partial charge in [0.2, 0.25) is 5.95 Å². The maximum Gasteiger partial charge on any atom is 0.201 e. The molecule has 2 heterocycles. The van der Waals surface area contributed by atoms with E-state index in [0.717, 1.165) is 27.9 Å². The molecule has 5 heteroatoms. The Hall–Kier alpha value is -1.94. The number of halogens is 1. The maximum atomic E-state index is 6.19. The predicted molar refractivity (Wildman–Crippen MR) is 74.7 cm³/mol. The Morgan fingerprint density at radius 1 is 1.33 bits per heavy atom. The fraction of sp³-hybridized carbons (Fsp3) is 0.154. The SMILES string of the molecule is Cc1[nH]c2ccccc2c1-c1c(Cl)nc(N)n1C. The number of aryl methyl sites for hydroxylation is 1. The lowest BCUT2D eigenvalue weighted by Crippen LogP contribution is -1.98. The lowest BCUT2D eigenvalue weighted by molar-refractivity contribution is 0.938. The molecule has 0 saturated heterocycles. The van der Waals surface area contributed by atoms with Gasteiger partial charge >= 0.3 is 0 Å². The topological polar surface area (TPSA) is 59.6 Å². The Morgan fingerprint density at radius 3 is 2.72 bits per heavy atom. The molecule has 2 aromatic heterocycles. The summed E-state index contributed by atoms with van der Waals surface area (Å²) >= 11 is 6.19. The number of aromatic amines is 1. The van der Waals surface area contributed by atoms with E-state index in [9.17, 15) is 0 Å². The van der Waals surface area contributed by atoms with E-state index in [1.807, 2.05) is 36.7 Å². The van der Waals surface area contributed by atoms with Crippen molar-refractivity contribution < 1.29 is 0 Å². The van der Waals surface area contributed by atoms with Crippen molar-refractivity contribution in [2.45, 2.75) is 6.92 Å². The minimum atomic E-state index is 0.416. The second-order valence-corrected chi connectivity index (χ2v) is 4.70. The van der Waals surface area contributed by atoms with Gasteiger partial charge in [-0.2, -0.15) is 0 Å². The molecular formula is C13H13ClN4. The number of hydrogen-bond acceptors (Lipinski definition) is 2. The molecule has 3 rings (SSSR count). The van der Waals surface area contributed by atoms with Gasteiger partial charge in [-0.25, -0.2) is 4.98 Å². The quantitative estimate of drug-likeness (QED) is 0.706. The number of nitrogens with two attached hydrogens (primary N) is 1. The molecule has 0 saturated carbocycles. The molecule has 0 radical (unpaired) electrons. The van der Waals surface area contributed by atoms with Crippen molar-refractivity contribution in [1.82, 2.24) is 14.5 Å². The van der Waals surface area contributed by atoms with Crippen LogP contribution in [-0.4, -0.2) is 14.5 Å². The Labute approximate surface area is 109 Å². The molecule has 0 unspecified atom stereocenters. The summed E-state index contributed by atoms with van der Waals surface area (Å²) in [4.78, 5) is 7.46. The third kappa shape index (κ3) is 1.42. The molecule has 4 nitrogen and oxygen atoms in total. The van der Waals surface area contributed by atoms with E-state index in [0.29, 0.717) is 11.1 Å². The average Bonchev–Trinajstić information content (AvgIpc) is 2.77. The highest BCUT2D eigenvalue weighted by molar-refractivity contribution is 6.32. The first kappa shape index (κ1) is 11.2. The van der Waals surface area contributed by atoms with Gasteiger partial charge in [-0.3, -0.25) is 0 Å². The van der Waals surface area contributed by atoms with Crippen molar-refractivity contribution in [2.24, 2.45) is 7.05 Å². The standard InChI is InChI=1S/C13H13ClN4/c1-7-10(8-5-3-4-6-9(8)16-7)11-12(14)17-13(15)18(11)2/h3-6,16H,1-2H3,(H2,15,17). The van der Waals surface area contributed by atoms with Crippen LogP contribution >= 0.6 is 11.6 Å². The molecule has 0 aliphatic heterocycles. The minimum Gasteiger partial charge on any atom is -0.369 e. The number of imidazole rings is 1. The van der Waals surface area contributed by atoms with Gasteiger partial charge in [-0.15, -0.1) is 0 Å². The van der Waals surface area contributed by atoms with Crippen molar-refractivity contribution in [1.29, 1.82) is 0 Å². The average molecular weight is 261 g/mol. The van der Waals surface area contributed by atoms with E-state index >= 15 is 0 Å². The minimum absolute atomic E-state index is 0.416. The first-order valence-electron chi connectivity index (χ1n) is 5.65.